The number of hydrogen-bond donors (Lipinski definition) is 1. The van der Waals surface area contributed by atoms with Gasteiger partial charge in [0.15, 0.2) is 0 Å². The number of rotatable bonds is 6. The topological polar surface area (TPSA) is 72.2 Å². The van der Waals surface area contributed by atoms with Gasteiger partial charge < -0.3 is 9.84 Å². The lowest BCUT2D eigenvalue weighted by Crippen LogP contribution is -2.27. The molecule has 0 saturated heterocycles. The number of hydrogen-bond acceptors (Lipinski definition) is 5. The molecule has 1 N–H and O–H groups in total. The molecule has 0 aliphatic carbocycles. The van der Waals surface area contributed by atoms with Crippen LogP contribution in [0.2, 0.25) is 0 Å². The fourth-order valence-corrected chi connectivity index (χ4v) is 3.11. The van der Waals surface area contributed by atoms with Crippen LogP contribution in [0.15, 0.2) is 28.1 Å². The third kappa shape index (κ3) is 4.60. The number of aromatic nitrogens is 1. The van der Waals surface area contributed by atoms with Crippen molar-refractivity contribution in [1.82, 2.24) is 10.5 Å². The highest BCUT2D eigenvalue weighted by atomic mass is 32.2. The molecule has 19 heavy (non-hydrogen) atoms. The molecule has 5 nitrogen and oxygen atoms in total. The molecule has 1 atom stereocenters. The summed E-state index contributed by atoms with van der Waals surface area (Å²) >= 11 is 1.58. The van der Waals surface area contributed by atoms with E-state index in [4.69, 9.17) is 4.52 Å². The van der Waals surface area contributed by atoms with Crippen molar-refractivity contribution < 1.29 is 13.5 Å². The fraction of sp³-hybridized carbons (Fsp3) is 0.333. The minimum absolute atomic E-state index is 0.0166. The lowest BCUT2D eigenvalue weighted by atomic mass is 10.4. The van der Waals surface area contributed by atoms with Crippen molar-refractivity contribution in [2.24, 2.45) is 0 Å². The molecule has 2 aromatic heterocycles. The molecule has 0 aromatic carbocycles. The molecule has 0 bridgehead atoms. The highest BCUT2D eigenvalue weighted by molar-refractivity contribution is 7.84. The Hall–Kier alpha value is -1.47. The molecule has 7 heteroatoms. The summed E-state index contributed by atoms with van der Waals surface area (Å²) in [5, 5.41) is 8.44. The van der Waals surface area contributed by atoms with E-state index in [0.717, 1.165) is 4.88 Å². The predicted octanol–water partition coefficient (Wildman–Crippen LogP) is 1.61. The van der Waals surface area contributed by atoms with Crippen LogP contribution in [0.4, 0.5) is 0 Å². The van der Waals surface area contributed by atoms with Gasteiger partial charge in [-0.05, 0) is 18.4 Å². The molecule has 0 radical (unpaired) electrons. The maximum Gasteiger partial charge on any atom is 0.232 e. The molecular weight excluding hydrogens is 284 g/mol. The highest BCUT2D eigenvalue weighted by Crippen LogP contribution is 2.07. The Morgan fingerprint density at radius 1 is 1.58 bits per heavy atom. The molecule has 1 amide bonds. The first-order chi connectivity index (χ1) is 9.13. The normalized spacial score (nSPS) is 12.3. The van der Waals surface area contributed by atoms with Crippen molar-refractivity contribution >= 4 is 28.0 Å². The van der Waals surface area contributed by atoms with Crippen LogP contribution in [-0.2, 0) is 27.9 Å². The van der Waals surface area contributed by atoms with Gasteiger partial charge in [-0.1, -0.05) is 11.2 Å². The summed E-state index contributed by atoms with van der Waals surface area (Å²) in [4.78, 5) is 12.7. The van der Waals surface area contributed by atoms with Crippen molar-refractivity contribution in [2.75, 3.05) is 5.75 Å². The fourth-order valence-electron chi connectivity index (χ4n) is 1.50. The van der Waals surface area contributed by atoms with E-state index in [1.165, 1.54) is 0 Å². The first-order valence-corrected chi connectivity index (χ1v) is 8.06. The number of carbonyl (C=O) groups is 1. The van der Waals surface area contributed by atoms with Crippen molar-refractivity contribution in [3.8, 4) is 0 Å². The molecule has 2 heterocycles. The molecule has 0 spiro atoms. The number of carbonyl (C=O) groups excluding carboxylic acids is 1. The van der Waals surface area contributed by atoms with Crippen LogP contribution in [-0.4, -0.2) is 21.0 Å². The minimum atomic E-state index is -1.27. The Balaban J connectivity index is 1.74. The van der Waals surface area contributed by atoms with Gasteiger partial charge in [0, 0.05) is 21.7 Å². The third-order valence-electron chi connectivity index (χ3n) is 2.32. The van der Waals surface area contributed by atoms with E-state index in [1.54, 1.807) is 24.3 Å². The quantitative estimate of drug-likeness (QED) is 0.879. The SMILES string of the molecule is Cc1cc(CS(=O)CC(=O)NCc2cccs2)no1. The molecular formula is C12H14N2O3S2. The summed E-state index contributed by atoms with van der Waals surface area (Å²) in [6.07, 6.45) is 0. The van der Waals surface area contributed by atoms with E-state index in [-0.39, 0.29) is 17.4 Å². The second-order valence-electron chi connectivity index (χ2n) is 4.01. The van der Waals surface area contributed by atoms with E-state index < -0.39 is 10.8 Å². The zero-order valence-electron chi connectivity index (χ0n) is 10.4. The minimum Gasteiger partial charge on any atom is -0.361 e. The molecule has 1 unspecified atom stereocenters. The summed E-state index contributed by atoms with van der Waals surface area (Å²) in [5.74, 6) is 0.683. The van der Waals surface area contributed by atoms with Gasteiger partial charge in [-0.2, -0.15) is 0 Å². The second kappa shape index (κ2) is 6.63. The average Bonchev–Trinajstić information content (AvgIpc) is 2.98. The number of thiophene rings is 1. The first-order valence-electron chi connectivity index (χ1n) is 5.70. The van der Waals surface area contributed by atoms with Gasteiger partial charge in [-0.25, -0.2) is 0 Å². The van der Waals surface area contributed by atoms with Gasteiger partial charge in [0.05, 0.1) is 18.0 Å². The molecule has 0 saturated carbocycles. The monoisotopic (exact) mass is 298 g/mol. The Morgan fingerprint density at radius 2 is 2.42 bits per heavy atom. The van der Waals surface area contributed by atoms with Crippen LogP contribution in [0.3, 0.4) is 0 Å². The van der Waals surface area contributed by atoms with E-state index in [2.05, 4.69) is 10.5 Å². The Bertz CT molecular complexity index is 563. The van der Waals surface area contributed by atoms with E-state index in [9.17, 15) is 9.00 Å². The zero-order valence-corrected chi connectivity index (χ0v) is 12.1. The third-order valence-corrected chi connectivity index (χ3v) is 4.40. The van der Waals surface area contributed by atoms with Gasteiger partial charge in [-0.3, -0.25) is 9.00 Å². The summed E-state index contributed by atoms with van der Waals surface area (Å²) in [5.41, 5.74) is 0.613. The van der Waals surface area contributed by atoms with Crippen LogP contribution < -0.4 is 5.32 Å². The van der Waals surface area contributed by atoms with Crippen LogP contribution >= 0.6 is 11.3 Å². The maximum absolute atomic E-state index is 11.8. The van der Waals surface area contributed by atoms with Gasteiger partial charge in [0.25, 0.3) is 0 Å². The maximum atomic E-state index is 11.8. The molecule has 2 aromatic rings. The summed E-state index contributed by atoms with van der Waals surface area (Å²) in [6.45, 7) is 2.25. The number of amides is 1. The van der Waals surface area contributed by atoms with Crippen molar-refractivity contribution in [3.63, 3.8) is 0 Å². The van der Waals surface area contributed by atoms with Gasteiger partial charge in [0.2, 0.25) is 5.91 Å². The van der Waals surface area contributed by atoms with E-state index in [1.807, 2.05) is 17.5 Å². The molecule has 0 fully saturated rings. The number of nitrogens with one attached hydrogen (secondary N) is 1. The largest absolute Gasteiger partial charge is 0.361 e. The van der Waals surface area contributed by atoms with Crippen molar-refractivity contribution in [3.05, 3.63) is 39.9 Å². The molecule has 2 rings (SSSR count). The molecule has 0 aliphatic rings. The standard InChI is InChI=1S/C12H14N2O3S2/c1-9-5-10(14-17-9)7-19(16)8-12(15)13-6-11-3-2-4-18-11/h2-5H,6-8H2,1H3,(H,13,15). The van der Waals surface area contributed by atoms with Crippen LogP contribution in [0, 0.1) is 6.92 Å². The van der Waals surface area contributed by atoms with Crippen LogP contribution in [0.5, 0.6) is 0 Å². The van der Waals surface area contributed by atoms with Gasteiger partial charge >= 0.3 is 0 Å². The van der Waals surface area contributed by atoms with Crippen molar-refractivity contribution in [1.29, 1.82) is 0 Å². The molecule has 102 valence electrons. The number of nitrogens with zero attached hydrogens (tertiary/aromatic N) is 1. The Labute approximate surface area is 117 Å². The van der Waals surface area contributed by atoms with Gasteiger partial charge in [0.1, 0.15) is 11.5 Å². The number of aryl methyl sites for hydroxylation is 1. The van der Waals surface area contributed by atoms with E-state index >= 15 is 0 Å². The summed E-state index contributed by atoms with van der Waals surface area (Å²) < 4.78 is 16.6. The lowest BCUT2D eigenvalue weighted by molar-refractivity contribution is -0.118. The zero-order chi connectivity index (χ0) is 13.7. The summed E-state index contributed by atoms with van der Waals surface area (Å²) in [7, 11) is -1.27. The predicted molar refractivity (Wildman–Crippen MR) is 74.1 cm³/mol. The van der Waals surface area contributed by atoms with Crippen molar-refractivity contribution in [2.45, 2.75) is 19.2 Å². The first kappa shape index (κ1) is 14.0. The highest BCUT2D eigenvalue weighted by Gasteiger charge is 2.11. The lowest BCUT2D eigenvalue weighted by Gasteiger charge is -2.02. The van der Waals surface area contributed by atoms with Crippen LogP contribution in [0.25, 0.3) is 0 Å². The summed E-state index contributed by atoms with van der Waals surface area (Å²) in [6, 6.07) is 5.60. The Morgan fingerprint density at radius 3 is 3.05 bits per heavy atom. The van der Waals surface area contributed by atoms with Crippen LogP contribution in [0.1, 0.15) is 16.3 Å². The smallest absolute Gasteiger partial charge is 0.232 e. The van der Waals surface area contributed by atoms with E-state index in [0.29, 0.717) is 18.0 Å². The van der Waals surface area contributed by atoms with Gasteiger partial charge in [-0.15, -0.1) is 11.3 Å². The Kier molecular flexibility index (Phi) is 4.86. The molecule has 0 aliphatic heterocycles. The second-order valence-corrected chi connectivity index (χ2v) is 6.50. The average molecular weight is 298 g/mol.